The molecule has 0 atom stereocenters. The second kappa shape index (κ2) is 8.17. The summed E-state index contributed by atoms with van der Waals surface area (Å²) in [4.78, 5) is 38.4. The first-order valence-electron chi connectivity index (χ1n) is 9.94. The van der Waals surface area contributed by atoms with E-state index in [0.29, 0.717) is 29.3 Å². The molecule has 29 heavy (non-hydrogen) atoms. The molecule has 150 valence electrons. The largest absolute Gasteiger partial charge is 0.376 e. The van der Waals surface area contributed by atoms with E-state index in [-0.39, 0.29) is 30.7 Å². The van der Waals surface area contributed by atoms with Gasteiger partial charge in [-0.15, -0.1) is 0 Å². The molecule has 0 saturated heterocycles. The Kier molecular flexibility index (Phi) is 5.45. The second-order valence-corrected chi connectivity index (χ2v) is 7.77. The van der Waals surface area contributed by atoms with Crippen molar-refractivity contribution in [2.24, 2.45) is 5.92 Å². The first kappa shape index (κ1) is 19.3. The van der Waals surface area contributed by atoms with Crippen molar-refractivity contribution in [2.45, 2.75) is 32.8 Å². The minimum Gasteiger partial charge on any atom is -0.376 e. The van der Waals surface area contributed by atoms with Crippen LogP contribution in [0.25, 0.3) is 0 Å². The Hall–Kier alpha value is -2.99. The number of anilines is 1. The number of fused-ring (bicyclic) bond motifs is 1. The third-order valence-corrected chi connectivity index (χ3v) is 5.22. The van der Waals surface area contributed by atoms with Gasteiger partial charge in [0.2, 0.25) is 5.91 Å². The van der Waals surface area contributed by atoms with Gasteiger partial charge in [-0.2, -0.15) is 0 Å². The third-order valence-electron chi connectivity index (χ3n) is 5.22. The maximum absolute atomic E-state index is 12.5. The third kappa shape index (κ3) is 4.54. The summed E-state index contributed by atoms with van der Waals surface area (Å²) in [5.41, 5.74) is 3.42. The summed E-state index contributed by atoms with van der Waals surface area (Å²) in [5, 5.41) is 2.83. The summed E-state index contributed by atoms with van der Waals surface area (Å²) in [5.74, 6) is -0.207. The molecule has 2 aromatic carbocycles. The number of imide groups is 1. The Morgan fingerprint density at radius 1 is 1.10 bits per heavy atom. The molecule has 1 aliphatic heterocycles. The Morgan fingerprint density at radius 3 is 2.69 bits per heavy atom. The topological polar surface area (TPSA) is 75.7 Å². The minimum absolute atomic E-state index is 0.0485. The predicted molar refractivity (Wildman–Crippen MR) is 109 cm³/mol. The van der Waals surface area contributed by atoms with Crippen LogP contribution in [0.3, 0.4) is 0 Å². The zero-order valence-corrected chi connectivity index (χ0v) is 16.4. The molecule has 0 spiro atoms. The number of benzene rings is 2. The lowest BCUT2D eigenvalue weighted by Crippen LogP contribution is -2.32. The van der Waals surface area contributed by atoms with Crippen molar-refractivity contribution in [3.8, 4) is 0 Å². The molecule has 0 bridgehead atoms. The Balaban J connectivity index is 1.30. The number of hydrogen-bond acceptors (Lipinski definition) is 4. The maximum atomic E-state index is 12.5. The standard InChI is InChI=1S/C23H24N2O4/c1-15-5-8-19-20(11-15)23(28)25(22(19)27)10-9-21(26)24-18-4-2-3-17(12-18)14-29-13-16-6-7-16/h2-5,8,11-12,16H,6-7,9-10,13-14H2,1H3,(H,24,26). The van der Waals surface area contributed by atoms with Gasteiger partial charge in [0.25, 0.3) is 11.8 Å². The van der Waals surface area contributed by atoms with E-state index in [1.807, 2.05) is 37.3 Å². The Morgan fingerprint density at radius 2 is 1.90 bits per heavy atom. The number of hydrogen-bond donors (Lipinski definition) is 1. The first-order chi connectivity index (χ1) is 14.0. The summed E-state index contributed by atoms with van der Waals surface area (Å²) < 4.78 is 5.69. The predicted octanol–water partition coefficient (Wildman–Crippen LogP) is 3.55. The molecule has 0 unspecified atom stereocenters. The number of carbonyl (C=O) groups excluding carboxylic acids is 3. The van der Waals surface area contributed by atoms with Gasteiger partial charge in [0, 0.05) is 25.3 Å². The van der Waals surface area contributed by atoms with Crippen molar-refractivity contribution in [3.63, 3.8) is 0 Å². The molecule has 6 nitrogen and oxygen atoms in total. The minimum atomic E-state index is -0.340. The highest BCUT2D eigenvalue weighted by molar-refractivity contribution is 6.21. The van der Waals surface area contributed by atoms with Crippen LogP contribution < -0.4 is 5.32 Å². The smallest absolute Gasteiger partial charge is 0.261 e. The molecule has 1 aliphatic carbocycles. The van der Waals surface area contributed by atoms with Crippen LogP contribution in [-0.2, 0) is 16.1 Å². The lowest BCUT2D eigenvalue weighted by Gasteiger charge is -2.14. The zero-order chi connectivity index (χ0) is 20.4. The summed E-state index contributed by atoms with van der Waals surface area (Å²) in [6.07, 6.45) is 2.55. The van der Waals surface area contributed by atoms with E-state index >= 15 is 0 Å². The summed E-state index contributed by atoms with van der Waals surface area (Å²) >= 11 is 0. The fourth-order valence-corrected chi connectivity index (χ4v) is 3.41. The van der Waals surface area contributed by atoms with Crippen molar-refractivity contribution < 1.29 is 19.1 Å². The van der Waals surface area contributed by atoms with Crippen molar-refractivity contribution >= 4 is 23.4 Å². The van der Waals surface area contributed by atoms with Gasteiger partial charge >= 0.3 is 0 Å². The van der Waals surface area contributed by atoms with Gasteiger partial charge in [0.05, 0.1) is 17.7 Å². The highest BCUT2D eigenvalue weighted by Gasteiger charge is 2.35. The molecule has 1 saturated carbocycles. The van der Waals surface area contributed by atoms with Gasteiger partial charge in [-0.05, 0) is 55.5 Å². The molecule has 6 heteroatoms. The lowest BCUT2D eigenvalue weighted by molar-refractivity contribution is -0.116. The highest BCUT2D eigenvalue weighted by Crippen LogP contribution is 2.29. The van der Waals surface area contributed by atoms with Gasteiger partial charge in [0.15, 0.2) is 0 Å². The van der Waals surface area contributed by atoms with E-state index < -0.39 is 0 Å². The van der Waals surface area contributed by atoms with Crippen LogP contribution in [0.15, 0.2) is 42.5 Å². The van der Waals surface area contributed by atoms with E-state index in [9.17, 15) is 14.4 Å². The molecular formula is C23H24N2O4. The summed E-state index contributed by atoms with van der Waals surface area (Å²) in [6.45, 7) is 3.24. The fourth-order valence-electron chi connectivity index (χ4n) is 3.41. The quantitative estimate of drug-likeness (QED) is 0.697. The zero-order valence-electron chi connectivity index (χ0n) is 16.4. The van der Waals surface area contributed by atoms with Crippen LogP contribution in [0.2, 0.25) is 0 Å². The fraction of sp³-hybridized carbons (Fsp3) is 0.348. The summed E-state index contributed by atoms with van der Waals surface area (Å²) in [6, 6.07) is 12.7. The number of aryl methyl sites for hydroxylation is 1. The van der Waals surface area contributed by atoms with E-state index in [2.05, 4.69) is 5.32 Å². The Labute approximate surface area is 169 Å². The van der Waals surface area contributed by atoms with Crippen molar-refractivity contribution in [3.05, 3.63) is 64.7 Å². The van der Waals surface area contributed by atoms with Crippen LogP contribution in [0, 0.1) is 12.8 Å². The molecule has 1 N–H and O–H groups in total. The van der Waals surface area contributed by atoms with Crippen LogP contribution in [-0.4, -0.2) is 35.8 Å². The number of amides is 3. The van der Waals surface area contributed by atoms with E-state index in [1.165, 1.54) is 12.8 Å². The molecule has 0 radical (unpaired) electrons. The van der Waals surface area contributed by atoms with Crippen molar-refractivity contribution in [1.82, 2.24) is 4.90 Å². The molecule has 2 aromatic rings. The number of nitrogens with zero attached hydrogens (tertiary/aromatic N) is 1. The van der Waals surface area contributed by atoms with Crippen LogP contribution in [0.5, 0.6) is 0 Å². The number of carbonyl (C=O) groups is 3. The van der Waals surface area contributed by atoms with Crippen molar-refractivity contribution in [2.75, 3.05) is 18.5 Å². The van der Waals surface area contributed by atoms with Gasteiger partial charge in [-0.1, -0.05) is 23.8 Å². The Bertz CT molecular complexity index is 965. The molecule has 0 aromatic heterocycles. The molecule has 1 fully saturated rings. The summed E-state index contributed by atoms with van der Waals surface area (Å²) in [7, 11) is 0. The van der Waals surface area contributed by atoms with Gasteiger partial charge in [-0.3, -0.25) is 19.3 Å². The number of nitrogens with one attached hydrogen (secondary N) is 1. The second-order valence-electron chi connectivity index (χ2n) is 7.77. The van der Waals surface area contributed by atoms with Crippen molar-refractivity contribution in [1.29, 1.82) is 0 Å². The monoisotopic (exact) mass is 392 g/mol. The molecule has 4 rings (SSSR count). The normalized spacial score (nSPS) is 15.6. The average Bonchev–Trinajstić information content (AvgIpc) is 3.48. The van der Waals surface area contributed by atoms with Crippen LogP contribution in [0.1, 0.15) is 51.1 Å². The van der Waals surface area contributed by atoms with Gasteiger partial charge in [-0.25, -0.2) is 0 Å². The van der Waals surface area contributed by atoms with Gasteiger partial charge < -0.3 is 10.1 Å². The SMILES string of the molecule is Cc1ccc2c(c1)C(=O)N(CCC(=O)Nc1cccc(COCC3CC3)c1)C2=O. The lowest BCUT2D eigenvalue weighted by atomic mass is 10.1. The van der Waals surface area contributed by atoms with Crippen LogP contribution >= 0.6 is 0 Å². The maximum Gasteiger partial charge on any atom is 0.261 e. The molecule has 1 heterocycles. The van der Waals surface area contributed by atoms with E-state index in [1.54, 1.807) is 12.1 Å². The molecular weight excluding hydrogens is 368 g/mol. The molecule has 2 aliphatic rings. The highest BCUT2D eigenvalue weighted by atomic mass is 16.5. The van der Waals surface area contributed by atoms with E-state index in [0.717, 1.165) is 22.6 Å². The van der Waals surface area contributed by atoms with E-state index in [4.69, 9.17) is 4.74 Å². The number of ether oxygens (including phenoxy) is 1. The molecule has 3 amide bonds. The average molecular weight is 392 g/mol. The first-order valence-corrected chi connectivity index (χ1v) is 9.94. The number of rotatable bonds is 8. The van der Waals surface area contributed by atoms with Gasteiger partial charge in [0.1, 0.15) is 0 Å². The van der Waals surface area contributed by atoms with Crippen LogP contribution in [0.4, 0.5) is 5.69 Å².